The normalized spacial score (nSPS) is 11.6. The van der Waals surface area contributed by atoms with Gasteiger partial charge in [-0.05, 0) is 18.2 Å². The number of benzene rings is 2. The van der Waals surface area contributed by atoms with E-state index in [2.05, 4.69) is 10.4 Å². The Balaban J connectivity index is 0.000000343. The van der Waals surface area contributed by atoms with E-state index in [1.54, 1.807) is 0 Å². The number of alkyl halides is 3. The quantitative estimate of drug-likeness (QED) is 0.193. The highest BCUT2D eigenvalue weighted by molar-refractivity contribution is 6.45. The Bertz CT molecular complexity index is 1210. The van der Waals surface area contributed by atoms with Gasteiger partial charge in [0, 0.05) is 13.0 Å². The summed E-state index contributed by atoms with van der Waals surface area (Å²) in [5.41, 5.74) is -2.18. The third-order valence-corrected chi connectivity index (χ3v) is 5.04. The lowest BCUT2D eigenvalue weighted by Gasteiger charge is -2.14. The molecule has 0 spiro atoms. The average Bonchev–Trinajstić information content (AvgIpc) is 3.07. The molecule has 3 aromatic rings. The summed E-state index contributed by atoms with van der Waals surface area (Å²) in [6.45, 7) is 1.09. The fourth-order valence-electron chi connectivity index (χ4n) is 2.55. The molecule has 3 heterocycles. The Labute approximate surface area is 192 Å². The van der Waals surface area contributed by atoms with E-state index in [-0.39, 0.29) is 5.69 Å². The van der Waals surface area contributed by atoms with Gasteiger partial charge in [-0.25, -0.2) is 4.68 Å². The maximum absolute atomic E-state index is 12.9. The Morgan fingerprint density at radius 2 is 1.78 bits per heavy atom. The molecule has 0 radical (unpaired) electrons. The Morgan fingerprint density at radius 1 is 1.19 bits per heavy atom. The van der Waals surface area contributed by atoms with Gasteiger partial charge in [-0.2, -0.15) is 13.2 Å². The monoisotopic (exact) mass is 508 g/mol. The van der Waals surface area contributed by atoms with E-state index < -0.39 is 49.1 Å². The molecule has 32 heavy (non-hydrogen) atoms. The van der Waals surface area contributed by atoms with Crippen LogP contribution in [0, 0.1) is 10.1 Å². The fourth-order valence-corrected chi connectivity index (χ4v) is 3.43. The molecule has 2 aromatic carbocycles. The van der Waals surface area contributed by atoms with Crippen molar-refractivity contribution in [3.05, 3.63) is 67.3 Å². The van der Waals surface area contributed by atoms with Crippen LogP contribution in [0.25, 0.3) is 5.69 Å². The van der Waals surface area contributed by atoms with Gasteiger partial charge in [0.2, 0.25) is 11.7 Å². The smallest absolute Gasteiger partial charge is 0.417 e. The number of carbonyl (C=O) groups is 1. The number of rotatable bonds is 3. The van der Waals surface area contributed by atoms with Crippen molar-refractivity contribution in [2.45, 2.75) is 13.1 Å². The lowest BCUT2D eigenvalue weighted by molar-refractivity contribution is -0.384. The minimum absolute atomic E-state index is 0.305. The van der Waals surface area contributed by atoms with E-state index in [9.17, 15) is 28.1 Å². The second kappa shape index (κ2) is 8.85. The van der Waals surface area contributed by atoms with E-state index in [4.69, 9.17) is 39.5 Å². The second-order valence-electron chi connectivity index (χ2n) is 6.20. The number of carbonyl (C=O) groups excluding carboxylic acids is 1. The van der Waals surface area contributed by atoms with E-state index in [1.807, 2.05) is 24.3 Å². The number of hydrogen-bond acceptors (Lipinski definition) is 5. The number of nitro groups is 1. The average molecular weight is 510 g/mol. The molecule has 1 aromatic heterocycles. The number of hydrogen-bond donors (Lipinski definition) is 1. The molecule has 2 aliphatic rings. The van der Waals surface area contributed by atoms with Crippen LogP contribution in [-0.4, -0.2) is 20.6 Å². The van der Waals surface area contributed by atoms with Crippen molar-refractivity contribution < 1.29 is 27.6 Å². The number of nitrogens with one attached hydrogen (secondary N) is 1. The highest BCUT2D eigenvalue weighted by atomic mass is 35.5. The molecule has 0 unspecified atom stereocenters. The minimum Gasteiger partial charge on any atom is -0.457 e. The summed E-state index contributed by atoms with van der Waals surface area (Å²) in [7, 11) is 0. The van der Waals surface area contributed by atoms with Gasteiger partial charge in [0.25, 0.3) is 0 Å². The predicted molar refractivity (Wildman–Crippen MR) is 111 cm³/mol. The Hall–Kier alpha value is -3.02. The molecule has 1 N–H and O–H groups in total. The molecular formula is C18H10Cl3F3N4O4. The number of nitrogens with zero attached hydrogens (tertiary/aromatic N) is 3. The van der Waals surface area contributed by atoms with Gasteiger partial charge in [-0.3, -0.25) is 14.9 Å². The van der Waals surface area contributed by atoms with Crippen LogP contribution in [0.5, 0.6) is 11.5 Å². The van der Waals surface area contributed by atoms with Crippen molar-refractivity contribution in [1.82, 2.24) is 9.78 Å². The van der Waals surface area contributed by atoms with Crippen molar-refractivity contribution in [2.24, 2.45) is 0 Å². The van der Waals surface area contributed by atoms with Crippen molar-refractivity contribution in [3.63, 3.8) is 0 Å². The third-order valence-electron chi connectivity index (χ3n) is 3.90. The van der Waals surface area contributed by atoms with Gasteiger partial charge in [0.15, 0.2) is 0 Å². The first kappa shape index (κ1) is 23.6. The summed E-state index contributed by atoms with van der Waals surface area (Å²) in [6, 6.07) is 8.38. The summed E-state index contributed by atoms with van der Waals surface area (Å²) in [6.07, 6.45) is -3.97. The van der Waals surface area contributed by atoms with Crippen LogP contribution in [0.1, 0.15) is 12.5 Å². The number of ether oxygens (including phenoxy) is 1. The maximum Gasteiger partial charge on any atom is 0.417 e. The predicted octanol–water partition coefficient (Wildman–Crippen LogP) is 6.51. The molecule has 0 fully saturated rings. The molecule has 2 aliphatic heterocycles. The van der Waals surface area contributed by atoms with Crippen molar-refractivity contribution in [2.75, 3.05) is 5.32 Å². The van der Waals surface area contributed by atoms with Crippen molar-refractivity contribution >= 4 is 52.2 Å². The van der Waals surface area contributed by atoms with Crippen LogP contribution in [0.3, 0.4) is 0 Å². The van der Waals surface area contributed by atoms with Crippen LogP contribution in [0.2, 0.25) is 15.1 Å². The van der Waals surface area contributed by atoms with Crippen LogP contribution in [0.4, 0.5) is 24.7 Å². The standard InChI is InChI=1S/C12H6Cl3F3N4O3.C6H4O/c1-4(23)19-11-7(22(24)25)3-21(20-11)10-6(13)2-5(12(16,17)18)8(14)9(10)15;1-2-5-4-6(3-1)7-5/h2-3H,1H3,(H,19,20,23);1-4H. The first-order valence-corrected chi connectivity index (χ1v) is 9.56. The second-order valence-corrected chi connectivity index (χ2v) is 7.37. The molecule has 0 saturated heterocycles. The number of aromatic nitrogens is 2. The first-order valence-electron chi connectivity index (χ1n) is 8.43. The number of amides is 1. The first-order chi connectivity index (χ1) is 14.9. The van der Waals surface area contributed by atoms with Crippen LogP contribution in [0.15, 0.2) is 36.5 Å². The zero-order chi connectivity index (χ0) is 23.8. The Kier molecular flexibility index (Phi) is 6.54. The molecule has 14 heteroatoms. The van der Waals surface area contributed by atoms with Crippen LogP contribution >= 0.6 is 34.8 Å². The summed E-state index contributed by atoms with van der Waals surface area (Å²) in [5, 5.41) is 14.9. The molecule has 0 aliphatic carbocycles. The van der Waals surface area contributed by atoms with E-state index >= 15 is 0 Å². The lowest BCUT2D eigenvalue weighted by Crippen LogP contribution is -2.10. The van der Waals surface area contributed by atoms with Gasteiger partial charge in [0.1, 0.15) is 23.4 Å². The topological polar surface area (TPSA) is 99.3 Å². The molecule has 0 saturated carbocycles. The molecule has 2 bridgehead atoms. The third kappa shape index (κ3) is 4.90. The van der Waals surface area contributed by atoms with Crippen molar-refractivity contribution in [1.29, 1.82) is 0 Å². The van der Waals surface area contributed by atoms with Gasteiger partial charge >= 0.3 is 11.9 Å². The summed E-state index contributed by atoms with van der Waals surface area (Å²) in [5.74, 6) is 0.895. The summed E-state index contributed by atoms with van der Waals surface area (Å²) >= 11 is 17.3. The lowest BCUT2D eigenvalue weighted by atomic mass is 10.2. The molecular weight excluding hydrogens is 500 g/mol. The minimum atomic E-state index is -4.81. The van der Waals surface area contributed by atoms with E-state index in [0.29, 0.717) is 6.07 Å². The van der Waals surface area contributed by atoms with Gasteiger partial charge in [0.05, 0.1) is 25.6 Å². The molecule has 8 nitrogen and oxygen atoms in total. The SMILES string of the molecule is CC(=O)Nc1nn(-c2c(Cl)cc(C(F)(F)F)c(Cl)c2Cl)cc1[N+](=O)[O-].c1cc2cc(c1)O2. The fraction of sp³-hybridized carbons (Fsp3) is 0.111. The van der Waals surface area contributed by atoms with Gasteiger partial charge < -0.3 is 10.1 Å². The molecule has 168 valence electrons. The summed E-state index contributed by atoms with van der Waals surface area (Å²) in [4.78, 5) is 21.3. The van der Waals surface area contributed by atoms with Crippen LogP contribution in [-0.2, 0) is 11.0 Å². The zero-order valence-electron chi connectivity index (χ0n) is 15.7. The van der Waals surface area contributed by atoms with E-state index in [0.717, 1.165) is 29.3 Å². The molecule has 5 rings (SSSR count). The molecule has 1 amide bonds. The molecule has 0 atom stereocenters. The van der Waals surface area contributed by atoms with Gasteiger partial charge in [-0.15, -0.1) is 5.10 Å². The number of halogens is 6. The highest BCUT2D eigenvalue weighted by Gasteiger charge is 2.36. The van der Waals surface area contributed by atoms with Gasteiger partial charge in [-0.1, -0.05) is 40.9 Å². The number of fused-ring (bicyclic) bond motifs is 2. The Morgan fingerprint density at radius 3 is 2.19 bits per heavy atom. The maximum atomic E-state index is 12.9. The number of anilines is 1. The zero-order valence-corrected chi connectivity index (χ0v) is 18.0. The van der Waals surface area contributed by atoms with E-state index in [1.165, 1.54) is 0 Å². The summed E-state index contributed by atoms with van der Waals surface area (Å²) < 4.78 is 44.5. The highest BCUT2D eigenvalue weighted by Crippen LogP contribution is 2.44. The van der Waals surface area contributed by atoms with Crippen LogP contribution < -0.4 is 10.1 Å². The van der Waals surface area contributed by atoms with Crippen molar-refractivity contribution in [3.8, 4) is 17.2 Å². The largest absolute Gasteiger partial charge is 0.457 e.